The van der Waals surface area contributed by atoms with Crippen molar-refractivity contribution in [1.82, 2.24) is 20.2 Å². The molecule has 0 aliphatic carbocycles. The number of rotatable bonds is 6. The standard InChI is InChI=1S/C20H17ClN4O2S/c1-2-27-19(26)9-13-11-23-18(28-13)10-17-14-8-12(5-6-16(14)24-25-17)20-15(21)4-3-7-22-20/h3-8,11H,2,9-10H2,1H3,(H,24,25). The second kappa shape index (κ2) is 8.08. The van der Waals surface area contributed by atoms with Gasteiger partial charge >= 0.3 is 5.97 Å². The number of ether oxygens (including phenoxy) is 1. The van der Waals surface area contributed by atoms with E-state index in [9.17, 15) is 4.79 Å². The third-order valence-electron chi connectivity index (χ3n) is 4.22. The van der Waals surface area contributed by atoms with Crippen LogP contribution < -0.4 is 0 Å². The average molecular weight is 413 g/mol. The molecule has 0 aliphatic rings. The summed E-state index contributed by atoms with van der Waals surface area (Å²) in [4.78, 5) is 21.3. The summed E-state index contributed by atoms with van der Waals surface area (Å²) in [5.74, 6) is -0.235. The van der Waals surface area contributed by atoms with E-state index in [-0.39, 0.29) is 12.4 Å². The van der Waals surface area contributed by atoms with Gasteiger partial charge in [0.15, 0.2) is 0 Å². The number of H-pyrrole nitrogens is 1. The van der Waals surface area contributed by atoms with Crippen molar-refractivity contribution in [1.29, 1.82) is 0 Å². The molecule has 0 bridgehead atoms. The highest BCUT2D eigenvalue weighted by Gasteiger charge is 2.13. The van der Waals surface area contributed by atoms with Crippen molar-refractivity contribution in [2.75, 3.05) is 6.61 Å². The Balaban J connectivity index is 1.60. The fraction of sp³-hybridized carbons (Fsp3) is 0.200. The van der Waals surface area contributed by atoms with Crippen molar-refractivity contribution in [2.24, 2.45) is 0 Å². The Morgan fingerprint density at radius 3 is 3.00 bits per heavy atom. The van der Waals surface area contributed by atoms with Crippen LogP contribution in [0.3, 0.4) is 0 Å². The molecule has 28 heavy (non-hydrogen) atoms. The molecule has 0 unspecified atom stereocenters. The van der Waals surface area contributed by atoms with Gasteiger partial charge in [-0.15, -0.1) is 11.3 Å². The van der Waals surface area contributed by atoms with Crippen LogP contribution in [0.15, 0.2) is 42.7 Å². The third kappa shape index (κ3) is 3.90. The Bertz CT molecular complexity index is 1140. The minimum atomic E-state index is -0.235. The molecule has 3 heterocycles. The van der Waals surface area contributed by atoms with E-state index in [1.54, 1.807) is 19.3 Å². The second-order valence-electron chi connectivity index (χ2n) is 6.15. The lowest BCUT2D eigenvalue weighted by molar-refractivity contribution is -0.142. The van der Waals surface area contributed by atoms with E-state index in [2.05, 4.69) is 20.2 Å². The zero-order valence-corrected chi connectivity index (χ0v) is 16.7. The van der Waals surface area contributed by atoms with Gasteiger partial charge in [-0.05, 0) is 31.2 Å². The molecular formula is C20H17ClN4O2S. The lowest BCUT2D eigenvalue weighted by atomic mass is 10.1. The number of halogens is 1. The Morgan fingerprint density at radius 1 is 1.29 bits per heavy atom. The number of carbonyl (C=O) groups is 1. The number of benzene rings is 1. The number of aromatic amines is 1. The van der Waals surface area contributed by atoms with E-state index in [1.165, 1.54) is 11.3 Å². The molecule has 142 valence electrons. The molecule has 0 saturated carbocycles. The van der Waals surface area contributed by atoms with Crippen molar-refractivity contribution >= 4 is 39.8 Å². The molecule has 0 fully saturated rings. The number of esters is 1. The smallest absolute Gasteiger partial charge is 0.311 e. The van der Waals surface area contributed by atoms with E-state index in [4.69, 9.17) is 16.3 Å². The fourth-order valence-corrected chi connectivity index (χ4v) is 4.11. The molecule has 0 atom stereocenters. The molecule has 0 radical (unpaired) electrons. The van der Waals surface area contributed by atoms with Crippen molar-refractivity contribution in [3.8, 4) is 11.3 Å². The number of thiazole rings is 1. The highest BCUT2D eigenvalue weighted by atomic mass is 35.5. The van der Waals surface area contributed by atoms with Crippen LogP contribution in [0.25, 0.3) is 22.2 Å². The fourth-order valence-electron chi connectivity index (χ4n) is 2.96. The molecule has 4 rings (SSSR count). The number of hydrogen-bond acceptors (Lipinski definition) is 6. The number of hydrogen-bond donors (Lipinski definition) is 1. The SMILES string of the molecule is CCOC(=O)Cc1cnc(Cc2[nH]nc3ccc(-c4ncccc4Cl)cc23)s1. The number of fused-ring (bicyclic) bond motifs is 1. The highest BCUT2D eigenvalue weighted by molar-refractivity contribution is 7.11. The van der Waals surface area contributed by atoms with Gasteiger partial charge in [-0.2, -0.15) is 5.10 Å². The first-order valence-electron chi connectivity index (χ1n) is 8.81. The van der Waals surface area contributed by atoms with Gasteiger partial charge in [0.2, 0.25) is 0 Å². The van der Waals surface area contributed by atoms with Crippen molar-refractivity contribution in [2.45, 2.75) is 19.8 Å². The lowest BCUT2D eigenvalue weighted by Gasteiger charge is -2.03. The highest BCUT2D eigenvalue weighted by Crippen LogP contribution is 2.29. The number of nitrogens with one attached hydrogen (secondary N) is 1. The Hall–Kier alpha value is -2.77. The first kappa shape index (κ1) is 18.6. The van der Waals surface area contributed by atoms with Gasteiger partial charge in [0.05, 0.1) is 34.3 Å². The molecule has 3 aromatic heterocycles. The van der Waals surface area contributed by atoms with Gasteiger partial charge in [0.1, 0.15) is 0 Å². The summed E-state index contributed by atoms with van der Waals surface area (Å²) in [6.45, 7) is 2.18. The maximum Gasteiger partial charge on any atom is 0.311 e. The molecule has 1 N–H and O–H groups in total. The number of aromatic nitrogens is 4. The molecule has 0 spiro atoms. The van der Waals surface area contributed by atoms with E-state index >= 15 is 0 Å². The third-order valence-corrected chi connectivity index (χ3v) is 5.52. The lowest BCUT2D eigenvalue weighted by Crippen LogP contribution is -2.06. The van der Waals surface area contributed by atoms with E-state index < -0.39 is 0 Å². The van der Waals surface area contributed by atoms with E-state index in [0.717, 1.165) is 37.7 Å². The largest absolute Gasteiger partial charge is 0.466 e. The van der Waals surface area contributed by atoms with Gasteiger partial charge in [-0.25, -0.2) is 4.98 Å². The second-order valence-corrected chi connectivity index (χ2v) is 7.75. The van der Waals surface area contributed by atoms with Gasteiger partial charge in [0.25, 0.3) is 0 Å². The van der Waals surface area contributed by atoms with Gasteiger partial charge in [-0.3, -0.25) is 14.9 Å². The van der Waals surface area contributed by atoms with Gasteiger partial charge in [0, 0.05) is 40.3 Å². The minimum Gasteiger partial charge on any atom is -0.466 e. The Morgan fingerprint density at radius 2 is 2.18 bits per heavy atom. The normalized spacial score (nSPS) is 11.1. The summed E-state index contributed by atoms with van der Waals surface area (Å²) < 4.78 is 4.99. The van der Waals surface area contributed by atoms with Crippen molar-refractivity contribution < 1.29 is 9.53 Å². The molecular weight excluding hydrogens is 396 g/mol. The first-order valence-corrected chi connectivity index (χ1v) is 10.0. The summed E-state index contributed by atoms with van der Waals surface area (Å²) in [6, 6.07) is 9.58. The molecule has 6 nitrogen and oxygen atoms in total. The maximum atomic E-state index is 11.6. The molecule has 8 heteroatoms. The molecule has 0 amide bonds. The van der Waals surface area contributed by atoms with Crippen LogP contribution >= 0.6 is 22.9 Å². The number of nitrogens with zero attached hydrogens (tertiary/aromatic N) is 3. The number of carbonyl (C=O) groups excluding carboxylic acids is 1. The van der Waals surface area contributed by atoms with Gasteiger partial charge < -0.3 is 4.74 Å². The molecule has 4 aromatic rings. The molecule has 1 aromatic carbocycles. The monoisotopic (exact) mass is 412 g/mol. The van der Waals surface area contributed by atoms with E-state index in [1.807, 2.05) is 30.3 Å². The molecule has 0 saturated heterocycles. The predicted molar refractivity (Wildman–Crippen MR) is 110 cm³/mol. The first-order chi connectivity index (χ1) is 13.6. The summed E-state index contributed by atoms with van der Waals surface area (Å²) >= 11 is 7.79. The van der Waals surface area contributed by atoms with Crippen LogP contribution in [0, 0.1) is 0 Å². The van der Waals surface area contributed by atoms with Crippen LogP contribution in [0.5, 0.6) is 0 Å². The zero-order valence-electron chi connectivity index (χ0n) is 15.1. The topological polar surface area (TPSA) is 80.8 Å². The Kier molecular flexibility index (Phi) is 5.36. The van der Waals surface area contributed by atoms with Crippen LogP contribution in [-0.2, 0) is 22.4 Å². The maximum absolute atomic E-state index is 11.6. The quantitative estimate of drug-likeness (QED) is 0.474. The van der Waals surface area contributed by atoms with Crippen LogP contribution in [-0.4, -0.2) is 32.7 Å². The molecule has 0 aliphatic heterocycles. The van der Waals surface area contributed by atoms with Gasteiger partial charge in [-0.1, -0.05) is 17.7 Å². The predicted octanol–water partition coefficient (Wildman–Crippen LogP) is 4.43. The number of pyridine rings is 1. The van der Waals surface area contributed by atoms with Crippen molar-refractivity contribution in [3.63, 3.8) is 0 Å². The van der Waals surface area contributed by atoms with Crippen LogP contribution in [0.2, 0.25) is 5.02 Å². The van der Waals surface area contributed by atoms with Crippen LogP contribution in [0.4, 0.5) is 0 Å². The van der Waals surface area contributed by atoms with Crippen molar-refractivity contribution in [3.05, 3.63) is 63.3 Å². The summed E-state index contributed by atoms with van der Waals surface area (Å²) in [5, 5.41) is 9.99. The van der Waals surface area contributed by atoms with E-state index in [0.29, 0.717) is 18.1 Å². The summed E-state index contributed by atoms with van der Waals surface area (Å²) in [6.07, 6.45) is 4.30. The average Bonchev–Trinajstić information content (AvgIpc) is 3.29. The summed E-state index contributed by atoms with van der Waals surface area (Å²) in [5.41, 5.74) is 3.50. The zero-order chi connectivity index (χ0) is 19.5. The Labute approximate surface area is 170 Å². The minimum absolute atomic E-state index is 0.235. The van der Waals surface area contributed by atoms with Crippen LogP contribution in [0.1, 0.15) is 22.5 Å². The summed E-state index contributed by atoms with van der Waals surface area (Å²) in [7, 11) is 0.